The van der Waals surface area contributed by atoms with Gasteiger partial charge in [-0.05, 0) is 42.8 Å². The summed E-state index contributed by atoms with van der Waals surface area (Å²) < 4.78 is 1.05. The second-order valence-corrected chi connectivity index (χ2v) is 5.70. The van der Waals surface area contributed by atoms with Crippen molar-refractivity contribution in [2.24, 2.45) is 0 Å². The highest BCUT2D eigenvalue weighted by Gasteiger charge is 2.02. The summed E-state index contributed by atoms with van der Waals surface area (Å²) in [5, 5.41) is 6.46. The molecule has 0 spiro atoms. The number of anilines is 4. The summed E-state index contributed by atoms with van der Waals surface area (Å²) in [5.74, 6) is 1.30. The number of nitrogens with zero attached hydrogens (tertiary/aromatic N) is 2. The molecule has 3 aromatic rings. The maximum atomic E-state index is 4.47. The van der Waals surface area contributed by atoms with Crippen LogP contribution in [0.3, 0.4) is 0 Å². The molecule has 0 aliphatic rings. The van der Waals surface area contributed by atoms with E-state index < -0.39 is 0 Å². The molecule has 2 aromatic carbocycles. The summed E-state index contributed by atoms with van der Waals surface area (Å²) in [4.78, 5) is 8.72. The predicted octanol–water partition coefficient (Wildman–Crippen LogP) is 5.03. The first kappa shape index (κ1) is 14.5. The largest absolute Gasteiger partial charge is 0.340 e. The van der Waals surface area contributed by atoms with E-state index in [-0.39, 0.29) is 0 Å². The molecular weight excluding hydrogens is 340 g/mol. The normalized spacial score (nSPS) is 10.3. The molecule has 0 aliphatic carbocycles. The number of aromatic nitrogens is 2. The Morgan fingerprint density at radius 2 is 1.73 bits per heavy atom. The molecule has 0 fully saturated rings. The van der Waals surface area contributed by atoms with Crippen molar-refractivity contribution in [1.29, 1.82) is 0 Å². The van der Waals surface area contributed by atoms with Crippen molar-refractivity contribution >= 4 is 39.1 Å². The first-order valence-corrected chi connectivity index (χ1v) is 7.68. The van der Waals surface area contributed by atoms with Crippen molar-refractivity contribution in [2.75, 3.05) is 10.6 Å². The molecule has 0 saturated heterocycles. The first-order chi connectivity index (χ1) is 10.7. The zero-order chi connectivity index (χ0) is 15.4. The van der Waals surface area contributed by atoms with Crippen molar-refractivity contribution in [3.05, 3.63) is 70.8 Å². The quantitative estimate of drug-likeness (QED) is 0.689. The van der Waals surface area contributed by atoms with Crippen LogP contribution in [0.25, 0.3) is 0 Å². The second kappa shape index (κ2) is 6.58. The third-order valence-electron chi connectivity index (χ3n) is 3.13. The zero-order valence-corrected chi connectivity index (χ0v) is 13.6. The first-order valence-electron chi connectivity index (χ1n) is 6.89. The van der Waals surface area contributed by atoms with Crippen LogP contribution < -0.4 is 10.6 Å². The summed E-state index contributed by atoms with van der Waals surface area (Å²) in [6, 6.07) is 17.8. The number of nitrogens with one attached hydrogen (secondary N) is 2. The zero-order valence-electron chi connectivity index (χ0n) is 12.0. The number of para-hydroxylation sites is 1. The Morgan fingerprint density at radius 3 is 2.50 bits per heavy atom. The third-order valence-corrected chi connectivity index (χ3v) is 3.98. The molecule has 5 heteroatoms. The molecule has 0 radical (unpaired) electrons. The van der Waals surface area contributed by atoms with E-state index in [0.717, 1.165) is 21.7 Å². The van der Waals surface area contributed by atoms with E-state index in [0.29, 0.717) is 5.95 Å². The lowest BCUT2D eigenvalue weighted by Crippen LogP contribution is -2.00. The van der Waals surface area contributed by atoms with Crippen molar-refractivity contribution in [1.82, 2.24) is 9.97 Å². The van der Waals surface area contributed by atoms with Crippen LogP contribution in [0.15, 0.2) is 65.3 Å². The van der Waals surface area contributed by atoms with Crippen LogP contribution in [0.4, 0.5) is 23.1 Å². The minimum absolute atomic E-state index is 0.552. The van der Waals surface area contributed by atoms with Gasteiger partial charge in [-0.15, -0.1) is 0 Å². The molecule has 3 rings (SSSR count). The summed E-state index contributed by atoms with van der Waals surface area (Å²) in [5.41, 5.74) is 3.12. The molecule has 0 atom stereocenters. The van der Waals surface area contributed by atoms with Crippen LogP contribution >= 0.6 is 15.9 Å². The van der Waals surface area contributed by atoms with E-state index >= 15 is 0 Å². The van der Waals surface area contributed by atoms with Gasteiger partial charge >= 0.3 is 0 Å². The predicted molar refractivity (Wildman–Crippen MR) is 93.9 cm³/mol. The lowest BCUT2D eigenvalue weighted by Gasteiger charge is -2.09. The molecule has 0 unspecified atom stereocenters. The SMILES string of the molecule is Cc1ccc(Nc2nccc(Nc3ccccc3)n2)cc1Br. The van der Waals surface area contributed by atoms with Gasteiger partial charge in [0.25, 0.3) is 0 Å². The van der Waals surface area contributed by atoms with E-state index in [2.05, 4.69) is 43.5 Å². The summed E-state index contributed by atoms with van der Waals surface area (Å²) in [7, 11) is 0. The average Bonchev–Trinajstić information content (AvgIpc) is 2.52. The topological polar surface area (TPSA) is 49.8 Å². The van der Waals surface area contributed by atoms with Crippen LogP contribution in [0, 0.1) is 6.92 Å². The van der Waals surface area contributed by atoms with Crippen LogP contribution in [-0.4, -0.2) is 9.97 Å². The molecule has 1 aromatic heterocycles. The van der Waals surface area contributed by atoms with Crippen LogP contribution in [0.1, 0.15) is 5.56 Å². The lowest BCUT2D eigenvalue weighted by molar-refractivity contribution is 1.16. The molecule has 0 saturated carbocycles. The van der Waals surface area contributed by atoms with Gasteiger partial charge in [-0.25, -0.2) is 4.98 Å². The Morgan fingerprint density at radius 1 is 0.909 bits per heavy atom. The Bertz CT molecular complexity index is 775. The number of hydrogen-bond acceptors (Lipinski definition) is 4. The van der Waals surface area contributed by atoms with E-state index in [1.807, 2.05) is 54.6 Å². The number of benzene rings is 2. The average molecular weight is 355 g/mol. The fourth-order valence-electron chi connectivity index (χ4n) is 1.96. The van der Waals surface area contributed by atoms with Gasteiger partial charge in [0.15, 0.2) is 0 Å². The van der Waals surface area contributed by atoms with Crippen LogP contribution in [0.2, 0.25) is 0 Å². The van der Waals surface area contributed by atoms with Gasteiger partial charge in [-0.3, -0.25) is 0 Å². The summed E-state index contributed by atoms with van der Waals surface area (Å²) in [6.45, 7) is 2.05. The Kier molecular flexibility index (Phi) is 4.34. The maximum absolute atomic E-state index is 4.47. The minimum Gasteiger partial charge on any atom is -0.340 e. The summed E-state index contributed by atoms with van der Waals surface area (Å²) >= 11 is 3.52. The molecule has 0 bridgehead atoms. The van der Waals surface area contributed by atoms with Crippen molar-refractivity contribution < 1.29 is 0 Å². The van der Waals surface area contributed by atoms with Gasteiger partial charge in [0.2, 0.25) is 5.95 Å². The fourth-order valence-corrected chi connectivity index (χ4v) is 2.34. The number of rotatable bonds is 4. The van der Waals surface area contributed by atoms with Gasteiger partial charge in [-0.1, -0.05) is 40.2 Å². The molecule has 22 heavy (non-hydrogen) atoms. The molecule has 110 valence electrons. The number of hydrogen-bond donors (Lipinski definition) is 2. The van der Waals surface area contributed by atoms with Gasteiger partial charge in [0.05, 0.1) is 0 Å². The molecule has 1 heterocycles. The number of aryl methyl sites for hydroxylation is 1. The van der Waals surface area contributed by atoms with Gasteiger partial charge in [0.1, 0.15) is 5.82 Å². The highest BCUT2D eigenvalue weighted by atomic mass is 79.9. The van der Waals surface area contributed by atoms with Gasteiger partial charge in [-0.2, -0.15) is 4.98 Å². The smallest absolute Gasteiger partial charge is 0.229 e. The molecule has 4 nitrogen and oxygen atoms in total. The lowest BCUT2D eigenvalue weighted by atomic mass is 10.2. The molecule has 0 aliphatic heterocycles. The Balaban J connectivity index is 1.77. The summed E-state index contributed by atoms with van der Waals surface area (Å²) in [6.07, 6.45) is 1.73. The van der Waals surface area contributed by atoms with Crippen LogP contribution in [-0.2, 0) is 0 Å². The monoisotopic (exact) mass is 354 g/mol. The maximum Gasteiger partial charge on any atom is 0.229 e. The van der Waals surface area contributed by atoms with Crippen molar-refractivity contribution in [2.45, 2.75) is 6.92 Å². The van der Waals surface area contributed by atoms with E-state index in [4.69, 9.17) is 0 Å². The van der Waals surface area contributed by atoms with E-state index in [1.165, 1.54) is 5.56 Å². The Hall–Kier alpha value is -2.40. The number of halogens is 1. The molecular formula is C17H15BrN4. The molecule has 0 amide bonds. The Labute approximate surface area is 137 Å². The highest BCUT2D eigenvalue weighted by molar-refractivity contribution is 9.10. The van der Waals surface area contributed by atoms with Gasteiger partial charge < -0.3 is 10.6 Å². The second-order valence-electron chi connectivity index (χ2n) is 4.85. The van der Waals surface area contributed by atoms with Crippen molar-refractivity contribution in [3.63, 3.8) is 0 Å². The highest BCUT2D eigenvalue weighted by Crippen LogP contribution is 2.23. The minimum atomic E-state index is 0.552. The van der Waals surface area contributed by atoms with Crippen molar-refractivity contribution in [3.8, 4) is 0 Å². The van der Waals surface area contributed by atoms with E-state index in [9.17, 15) is 0 Å². The molecule has 2 N–H and O–H groups in total. The third kappa shape index (κ3) is 3.62. The van der Waals surface area contributed by atoms with Gasteiger partial charge in [0, 0.05) is 22.0 Å². The van der Waals surface area contributed by atoms with Crippen LogP contribution in [0.5, 0.6) is 0 Å². The standard InChI is InChI=1S/C17H15BrN4/c1-12-7-8-14(11-15(12)18)21-17-19-10-9-16(22-17)20-13-5-3-2-4-6-13/h2-11H,1H3,(H2,19,20,21,22). The fraction of sp³-hybridized carbons (Fsp3) is 0.0588. The van der Waals surface area contributed by atoms with E-state index in [1.54, 1.807) is 6.20 Å².